The Morgan fingerprint density at radius 1 is 1.12 bits per heavy atom. The van der Waals surface area contributed by atoms with Gasteiger partial charge >= 0.3 is 0 Å². The molecule has 2 atom stereocenters. The fourth-order valence-corrected chi connectivity index (χ4v) is 3.24. The summed E-state index contributed by atoms with van der Waals surface area (Å²) in [6, 6.07) is 0.952. The Morgan fingerprint density at radius 3 is 2.18 bits per heavy atom. The third-order valence-corrected chi connectivity index (χ3v) is 3.95. The third kappa shape index (κ3) is 1.85. The van der Waals surface area contributed by atoms with Gasteiger partial charge in [-0.05, 0) is 51.8 Å². The van der Waals surface area contributed by atoms with Crippen LogP contribution in [0.3, 0.4) is 0 Å². The summed E-state index contributed by atoms with van der Waals surface area (Å²) < 4.78 is 0. The lowest BCUT2D eigenvalue weighted by molar-refractivity contribution is 0.104. The topological polar surface area (TPSA) is 6.48 Å². The Kier molecular flexibility index (Phi) is 2.74. The third-order valence-electron chi connectivity index (χ3n) is 3.95. The molecule has 0 amide bonds. The molecule has 0 aromatic heterocycles. The summed E-state index contributed by atoms with van der Waals surface area (Å²) in [4.78, 5) is 4.70. The Balaban J connectivity index is 2.45. The number of rotatable bonds is 0. The lowest BCUT2D eigenvalue weighted by atomic mass is 9.98. The van der Waals surface area contributed by atoms with E-state index in [0.29, 0.717) is 12.1 Å². The van der Waals surface area contributed by atoms with Gasteiger partial charge in [-0.15, -0.1) is 0 Å². The van der Waals surface area contributed by atoms with Crippen LogP contribution in [-0.2, 0) is 0 Å². The van der Waals surface area contributed by atoms with Crippen LogP contribution in [0.4, 0.5) is 0 Å². The average molecular weight is 232 g/mol. The fourth-order valence-electron chi connectivity index (χ4n) is 3.24. The minimum absolute atomic E-state index is 0.192. The normalized spacial score (nSPS) is 30.2. The molecule has 94 valence electrons. The molecule has 0 aromatic rings. The molecule has 0 radical (unpaired) electrons. The first kappa shape index (κ1) is 12.4. The molecule has 0 aromatic carbocycles. The molecule has 0 N–H and O–H groups in total. The number of likely N-dealkylation sites (N-methyl/N-ethyl adjacent to an activating group) is 1. The molecule has 0 spiro atoms. The molecule has 0 saturated carbocycles. The van der Waals surface area contributed by atoms with Gasteiger partial charge in [0.25, 0.3) is 0 Å². The van der Waals surface area contributed by atoms with Crippen LogP contribution in [-0.4, -0.2) is 34.5 Å². The molecule has 1 saturated heterocycles. The second-order valence-electron chi connectivity index (χ2n) is 6.22. The largest absolute Gasteiger partial charge is 0.351 e. The van der Waals surface area contributed by atoms with E-state index in [1.807, 2.05) is 0 Å². The predicted molar refractivity (Wildman–Crippen MR) is 73.6 cm³/mol. The molecule has 1 fully saturated rings. The van der Waals surface area contributed by atoms with Crippen molar-refractivity contribution < 1.29 is 0 Å². The molecule has 2 aliphatic rings. The maximum Gasteiger partial charge on any atom is 0.0348 e. The van der Waals surface area contributed by atoms with Crippen LogP contribution in [0.5, 0.6) is 0 Å². The molecule has 2 rings (SSSR count). The summed E-state index contributed by atoms with van der Waals surface area (Å²) in [7, 11) is 2.07. The molecule has 2 heterocycles. The number of hydrogen-bond donors (Lipinski definition) is 0. The van der Waals surface area contributed by atoms with Crippen LogP contribution in [0.25, 0.3) is 0 Å². The van der Waals surface area contributed by atoms with E-state index < -0.39 is 0 Å². The Morgan fingerprint density at radius 2 is 1.65 bits per heavy atom. The lowest BCUT2D eigenvalue weighted by Crippen LogP contribution is -2.47. The number of fused-ring (bicyclic) bond motifs is 1. The molecule has 17 heavy (non-hydrogen) atoms. The molecular formula is C15H24N2. The Hall–Kier alpha value is -1.02. The number of nitrogens with zero attached hydrogens (tertiary/aromatic N) is 2. The van der Waals surface area contributed by atoms with Crippen LogP contribution >= 0.6 is 0 Å². The van der Waals surface area contributed by atoms with Gasteiger partial charge in [-0.1, -0.05) is 6.58 Å². The van der Waals surface area contributed by atoms with Crippen molar-refractivity contribution in [3.8, 4) is 0 Å². The van der Waals surface area contributed by atoms with E-state index in [9.17, 15) is 0 Å². The first-order chi connectivity index (χ1) is 7.73. The van der Waals surface area contributed by atoms with Crippen LogP contribution < -0.4 is 0 Å². The quantitative estimate of drug-likeness (QED) is 0.633. The molecule has 2 unspecified atom stereocenters. The molecular weight excluding hydrogens is 208 g/mol. The summed E-state index contributed by atoms with van der Waals surface area (Å²) in [5.74, 6) is 0. The fraction of sp³-hybridized carbons (Fsp3) is 0.600. The maximum absolute atomic E-state index is 4.09. The Bertz CT molecular complexity index is 409. The summed E-state index contributed by atoms with van der Waals surface area (Å²) in [5, 5.41) is 0. The van der Waals surface area contributed by atoms with Gasteiger partial charge in [-0.25, -0.2) is 0 Å². The van der Waals surface area contributed by atoms with Gasteiger partial charge in [0.15, 0.2) is 0 Å². The van der Waals surface area contributed by atoms with E-state index in [0.717, 1.165) is 5.70 Å². The van der Waals surface area contributed by atoms with Crippen LogP contribution in [0.2, 0.25) is 0 Å². The van der Waals surface area contributed by atoms with Crippen molar-refractivity contribution in [2.75, 3.05) is 7.05 Å². The highest BCUT2D eigenvalue weighted by Crippen LogP contribution is 2.41. The molecule has 0 bridgehead atoms. The SMILES string of the molecule is C=C1C=C2C(=CN1C)C(C)N(C(C)(C)C)C2C. The minimum Gasteiger partial charge on any atom is -0.351 e. The highest BCUT2D eigenvalue weighted by Gasteiger charge is 2.42. The van der Waals surface area contributed by atoms with Crippen molar-refractivity contribution in [2.45, 2.75) is 52.2 Å². The van der Waals surface area contributed by atoms with Gasteiger partial charge in [0.2, 0.25) is 0 Å². The molecule has 2 aliphatic heterocycles. The number of allylic oxidation sites excluding steroid dienone is 1. The standard InChI is InChI=1S/C15H24N2/c1-10-8-13-11(2)17(15(4,5)6)12(3)14(13)9-16(10)7/h8-9,11-12H,1H2,2-7H3. The van der Waals surface area contributed by atoms with Gasteiger partial charge in [0.1, 0.15) is 0 Å². The first-order valence-electron chi connectivity index (χ1n) is 6.37. The minimum atomic E-state index is 0.192. The van der Waals surface area contributed by atoms with Crippen LogP contribution in [0.1, 0.15) is 34.6 Å². The summed E-state index contributed by atoms with van der Waals surface area (Å²) in [5.41, 5.74) is 4.16. The van der Waals surface area contributed by atoms with Gasteiger partial charge in [-0.3, -0.25) is 4.90 Å². The predicted octanol–water partition coefficient (Wildman–Crippen LogP) is 3.15. The zero-order valence-electron chi connectivity index (χ0n) is 11.9. The van der Waals surface area contributed by atoms with Crippen molar-refractivity contribution in [3.63, 3.8) is 0 Å². The zero-order chi connectivity index (χ0) is 13.0. The van der Waals surface area contributed by atoms with Gasteiger partial charge in [0, 0.05) is 36.6 Å². The van der Waals surface area contributed by atoms with Crippen molar-refractivity contribution in [3.05, 3.63) is 35.7 Å². The van der Waals surface area contributed by atoms with Crippen molar-refractivity contribution >= 4 is 0 Å². The molecule has 2 nitrogen and oxygen atoms in total. The second-order valence-corrected chi connectivity index (χ2v) is 6.22. The van der Waals surface area contributed by atoms with E-state index >= 15 is 0 Å². The number of likely N-dealkylation sites (tertiary alicyclic amines) is 1. The van der Waals surface area contributed by atoms with E-state index in [1.54, 1.807) is 0 Å². The van der Waals surface area contributed by atoms with Gasteiger partial charge in [0.05, 0.1) is 0 Å². The van der Waals surface area contributed by atoms with E-state index in [4.69, 9.17) is 0 Å². The van der Waals surface area contributed by atoms with Gasteiger partial charge < -0.3 is 4.90 Å². The number of hydrogen-bond acceptors (Lipinski definition) is 2. The zero-order valence-corrected chi connectivity index (χ0v) is 11.9. The van der Waals surface area contributed by atoms with E-state index in [2.05, 4.69) is 70.3 Å². The average Bonchev–Trinajstić information content (AvgIpc) is 2.40. The summed E-state index contributed by atoms with van der Waals surface area (Å²) in [6.45, 7) is 15.6. The van der Waals surface area contributed by atoms with Crippen LogP contribution in [0, 0.1) is 0 Å². The van der Waals surface area contributed by atoms with Crippen molar-refractivity contribution in [2.24, 2.45) is 0 Å². The Labute approximate surface area is 105 Å². The summed E-state index contributed by atoms with van der Waals surface area (Å²) in [6.07, 6.45) is 4.48. The maximum atomic E-state index is 4.09. The highest BCUT2D eigenvalue weighted by molar-refractivity contribution is 5.50. The van der Waals surface area contributed by atoms with Crippen molar-refractivity contribution in [1.29, 1.82) is 0 Å². The lowest BCUT2D eigenvalue weighted by Gasteiger charge is -2.38. The van der Waals surface area contributed by atoms with E-state index in [-0.39, 0.29) is 5.54 Å². The smallest absolute Gasteiger partial charge is 0.0348 e. The van der Waals surface area contributed by atoms with E-state index in [1.165, 1.54) is 11.1 Å². The van der Waals surface area contributed by atoms with Crippen LogP contribution in [0.15, 0.2) is 35.7 Å². The molecule has 0 aliphatic carbocycles. The van der Waals surface area contributed by atoms with Gasteiger partial charge in [-0.2, -0.15) is 0 Å². The molecule has 2 heteroatoms. The highest BCUT2D eigenvalue weighted by atomic mass is 15.3. The van der Waals surface area contributed by atoms with Crippen molar-refractivity contribution in [1.82, 2.24) is 9.80 Å². The summed E-state index contributed by atoms with van der Waals surface area (Å²) >= 11 is 0. The monoisotopic (exact) mass is 232 g/mol. The second kappa shape index (κ2) is 3.74. The first-order valence-corrected chi connectivity index (χ1v) is 6.37.